The number of pyridine rings is 1. The van der Waals surface area contributed by atoms with Crippen LogP contribution in [0.4, 0.5) is 11.4 Å². The summed E-state index contributed by atoms with van der Waals surface area (Å²) >= 11 is 0. The smallest absolute Gasteiger partial charge is 0.254 e. The van der Waals surface area contributed by atoms with E-state index >= 15 is 0 Å². The highest BCUT2D eigenvalue weighted by atomic mass is 16.2. The summed E-state index contributed by atoms with van der Waals surface area (Å²) in [4.78, 5) is 18.8. The van der Waals surface area contributed by atoms with Crippen LogP contribution in [0.25, 0.3) is 0 Å². The van der Waals surface area contributed by atoms with E-state index in [1.165, 1.54) is 0 Å². The highest BCUT2D eigenvalue weighted by Gasteiger charge is 2.30. The Morgan fingerprint density at radius 1 is 1.24 bits per heavy atom. The van der Waals surface area contributed by atoms with Crippen molar-refractivity contribution in [2.24, 2.45) is 0 Å². The summed E-state index contributed by atoms with van der Waals surface area (Å²) in [7, 11) is 0. The molecule has 1 aromatic heterocycles. The first kappa shape index (κ1) is 13.4. The van der Waals surface area contributed by atoms with E-state index < -0.39 is 0 Å². The lowest BCUT2D eigenvalue weighted by Crippen LogP contribution is -2.30. The van der Waals surface area contributed by atoms with E-state index in [2.05, 4.69) is 4.98 Å². The van der Waals surface area contributed by atoms with Crippen LogP contribution < -0.4 is 11.5 Å². The summed E-state index contributed by atoms with van der Waals surface area (Å²) in [5.74, 6) is -0.0275. The van der Waals surface area contributed by atoms with Crippen LogP contribution in [0.3, 0.4) is 0 Å². The molecular weight excluding hydrogens is 264 g/mol. The van der Waals surface area contributed by atoms with E-state index in [-0.39, 0.29) is 11.9 Å². The molecular formula is C16H18N4O. The fourth-order valence-corrected chi connectivity index (χ4v) is 2.90. The van der Waals surface area contributed by atoms with Gasteiger partial charge in [0.05, 0.1) is 6.04 Å². The third-order valence-corrected chi connectivity index (χ3v) is 3.81. The summed E-state index contributed by atoms with van der Waals surface area (Å²) < 4.78 is 0. The molecule has 5 nitrogen and oxygen atoms in total. The van der Waals surface area contributed by atoms with Crippen LogP contribution in [0, 0.1) is 0 Å². The molecule has 0 spiro atoms. The molecule has 0 aliphatic carbocycles. The molecule has 1 saturated heterocycles. The van der Waals surface area contributed by atoms with E-state index in [0.717, 1.165) is 24.9 Å². The van der Waals surface area contributed by atoms with Crippen LogP contribution >= 0.6 is 0 Å². The Bertz CT molecular complexity index is 636. The van der Waals surface area contributed by atoms with Crippen molar-refractivity contribution in [1.82, 2.24) is 9.88 Å². The first-order valence-corrected chi connectivity index (χ1v) is 7.02. The second-order valence-electron chi connectivity index (χ2n) is 5.33. The number of nitrogens with two attached hydrogens (primary N) is 2. The van der Waals surface area contributed by atoms with Crippen molar-refractivity contribution in [2.45, 2.75) is 18.9 Å². The first-order chi connectivity index (χ1) is 10.1. The molecule has 0 radical (unpaired) electrons. The van der Waals surface area contributed by atoms with E-state index in [4.69, 9.17) is 11.5 Å². The largest absolute Gasteiger partial charge is 0.399 e. The van der Waals surface area contributed by atoms with Crippen LogP contribution in [-0.4, -0.2) is 22.3 Å². The number of rotatable bonds is 2. The molecule has 108 valence electrons. The SMILES string of the molecule is Nc1cc(N)cc(C(=O)N2CCCC2c2cccnc2)c1. The van der Waals surface area contributed by atoms with Gasteiger partial charge in [0, 0.05) is 35.9 Å². The van der Waals surface area contributed by atoms with Gasteiger partial charge in [-0.05, 0) is 42.7 Å². The van der Waals surface area contributed by atoms with Crippen molar-refractivity contribution in [3.05, 3.63) is 53.9 Å². The Morgan fingerprint density at radius 3 is 2.67 bits per heavy atom. The standard InChI is InChI=1S/C16H18N4O/c17-13-7-12(8-14(18)9-13)16(21)20-6-2-4-15(20)11-3-1-5-19-10-11/h1,3,5,7-10,15H,2,4,6,17-18H2. The minimum absolute atomic E-state index is 0.0275. The molecule has 2 aromatic rings. The Balaban J connectivity index is 1.90. The Labute approximate surface area is 123 Å². The maximum absolute atomic E-state index is 12.7. The van der Waals surface area contributed by atoms with Gasteiger partial charge in [-0.1, -0.05) is 6.07 Å². The molecule has 5 heteroatoms. The van der Waals surface area contributed by atoms with Crippen molar-refractivity contribution >= 4 is 17.3 Å². The number of aromatic nitrogens is 1. The third kappa shape index (κ3) is 2.67. The zero-order valence-corrected chi connectivity index (χ0v) is 11.7. The molecule has 1 fully saturated rings. The van der Waals surface area contributed by atoms with Crippen molar-refractivity contribution < 1.29 is 4.79 Å². The van der Waals surface area contributed by atoms with Crippen molar-refractivity contribution in [3.63, 3.8) is 0 Å². The molecule has 1 unspecified atom stereocenters. The fourth-order valence-electron chi connectivity index (χ4n) is 2.90. The fraction of sp³-hybridized carbons (Fsp3) is 0.250. The van der Waals surface area contributed by atoms with Crippen LogP contribution in [0.15, 0.2) is 42.7 Å². The van der Waals surface area contributed by atoms with Gasteiger partial charge in [-0.25, -0.2) is 0 Å². The van der Waals surface area contributed by atoms with Gasteiger partial charge in [0.1, 0.15) is 0 Å². The predicted octanol–water partition coefficient (Wildman–Crippen LogP) is 2.22. The zero-order chi connectivity index (χ0) is 14.8. The monoisotopic (exact) mass is 282 g/mol. The van der Waals surface area contributed by atoms with Crippen molar-refractivity contribution in [1.29, 1.82) is 0 Å². The number of carbonyl (C=O) groups excluding carboxylic acids is 1. The molecule has 0 saturated carbocycles. The van der Waals surface area contributed by atoms with Crippen LogP contribution in [0.2, 0.25) is 0 Å². The number of hydrogen-bond donors (Lipinski definition) is 2. The lowest BCUT2D eigenvalue weighted by molar-refractivity contribution is 0.0735. The summed E-state index contributed by atoms with van der Waals surface area (Å²) in [6.07, 6.45) is 5.51. The normalized spacial score (nSPS) is 17.9. The Kier molecular flexibility index (Phi) is 3.48. The van der Waals surface area contributed by atoms with E-state index in [0.29, 0.717) is 16.9 Å². The number of nitrogens with zero attached hydrogens (tertiary/aromatic N) is 2. The molecule has 21 heavy (non-hydrogen) atoms. The van der Waals surface area contributed by atoms with Crippen LogP contribution in [0.5, 0.6) is 0 Å². The molecule has 1 aromatic carbocycles. The summed E-state index contributed by atoms with van der Waals surface area (Å²) in [5, 5.41) is 0. The Hall–Kier alpha value is -2.56. The summed E-state index contributed by atoms with van der Waals surface area (Å²) in [5.41, 5.74) is 14.2. The summed E-state index contributed by atoms with van der Waals surface area (Å²) in [6, 6.07) is 8.99. The maximum Gasteiger partial charge on any atom is 0.254 e. The van der Waals surface area contributed by atoms with Gasteiger partial charge < -0.3 is 16.4 Å². The maximum atomic E-state index is 12.7. The van der Waals surface area contributed by atoms with Gasteiger partial charge >= 0.3 is 0 Å². The number of benzene rings is 1. The van der Waals surface area contributed by atoms with Crippen LogP contribution in [-0.2, 0) is 0 Å². The Morgan fingerprint density at radius 2 is 2.00 bits per heavy atom. The minimum Gasteiger partial charge on any atom is -0.399 e. The summed E-state index contributed by atoms with van der Waals surface area (Å²) in [6.45, 7) is 0.743. The minimum atomic E-state index is -0.0275. The molecule has 4 N–H and O–H groups in total. The lowest BCUT2D eigenvalue weighted by Gasteiger charge is -2.25. The number of likely N-dealkylation sites (tertiary alicyclic amines) is 1. The predicted molar refractivity (Wildman–Crippen MR) is 82.5 cm³/mol. The quantitative estimate of drug-likeness (QED) is 0.827. The van der Waals surface area contributed by atoms with Gasteiger partial charge in [0.2, 0.25) is 0 Å². The van der Waals surface area contributed by atoms with Crippen molar-refractivity contribution in [2.75, 3.05) is 18.0 Å². The van der Waals surface area contributed by atoms with Gasteiger partial charge in [-0.15, -0.1) is 0 Å². The van der Waals surface area contributed by atoms with Gasteiger partial charge in [0.25, 0.3) is 5.91 Å². The van der Waals surface area contributed by atoms with Crippen LogP contribution in [0.1, 0.15) is 34.8 Å². The van der Waals surface area contributed by atoms with Gasteiger partial charge in [0.15, 0.2) is 0 Å². The first-order valence-electron chi connectivity index (χ1n) is 7.02. The number of hydrogen-bond acceptors (Lipinski definition) is 4. The molecule has 1 aliphatic heterocycles. The second kappa shape index (κ2) is 5.44. The topological polar surface area (TPSA) is 85.2 Å². The lowest BCUT2D eigenvalue weighted by atomic mass is 10.1. The third-order valence-electron chi connectivity index (χ3n) is 3.81. The molecule has 0 bridgehead atoms. The van der Waals surface area contributed by atoms with E-state index in [1.54, 1.807) is 24.4 Å². The number of nitrogen functional groups attached to an aromatic ring is 2. The average Bonchev–Trinajstić information content (AvgIpc) is 2.95. The second-order valence-corrected chi connectivity index (χ2v) is 5.33. The molecule has 1 aliphatic rings. The zero-order valence-electron chi connectivity index (χ0n) is 11.7. The number of amides is 1. The molecule has 1 atom stereocenters. The molecule has 3 rings (SSSR count). The van der Waals surface area contributed by atoms with E-state index in [1.807, 2.05) is 23.2 Å². The molecule has 2 heterocycles. The molecule has 1 amide bonds. The van der Waals surface area contributed by atoms with Crippen molar-refractivity contribution in [3.8, 4) is 0 Å². The highest BCUT2D eigenvalue weighted by Crippen LogP contribution is 2.33. The number of anilines is 2. The average molecular weight is 282 g/mol. The van der Waals surface area contributed by atoms with Gasteiger partial charge in [-0.3, -0.25) is 9.78 Å². The highest BCUT2D eigenvalue weighted by molar-refractivity contribution is 5.96. The van der Waals surface area contributed by atoms with E-state index in [9.17, 15) is 4.79 Å². The van der Waals surface area contributed by atoms with Gasteiger partial charge in [-0.2, -0.15) is 0 Å². The number of carbonyl (C=O) groups is 1.